The number of nitrogens with zero attached hydrogens (tertiary/aromatic N) is 1. The Morgan fingerprint density at radius 3 is 2.46 bits per heavy atom. The fourth-order valence-electron chi connectivity index (χ4n) is 1.90. The van der Waals surface area contributed by atoms with Crippen molar-refractivity contribution < 1.29 is 27.6 Å². The molecule has 0 radical (unpaired) electrons. The monoisotopic (exact) mass is 403 g/mol. The van der Waals surface area contributed by atoms with E-state index < -0.39 is 34.1 Å². The quantitative estimate of drug-likeness (QED) is 0.316. The summed E-state index contributed by atoms with van der Waals surface area (Å²) in [4.78, 5) is 22.1. The van der Waals surface area contributed by atoms with Crippen LogP contribution in [-0.2, 0) is 6.18 Å². The van der Waals surface area contributed by atoms with E-state index in [9.17, 15) is 28.1 Å². The van der Waals surface area contributed by atoms with Crippen LogP contribution in [0.2, 0.25) is 0 Å². The maximum absolute atomic E-state index is 12.8. The summed E-state index contributed by atoms with van der Waals surface area (Å²) in [7, 11) is 0. The summed E-state index contributed by atoms with van der Waals surface area (Å²) in [6.45, 7) is 1.73. The van der Waals surface area contributed by atoms with E-state index in [2.05, 4.69) is 15.9 Å². The van der Waals surface area contributed by atoms with Crippen LogP contribution >= 0.6 is 15.9 Å². The fraction of sp³-hybridized carbons (Fsp3) is 0.133. The molecule has 0 bridgehead atoms. The second kappa shape index (κ2) is 6.60. The molecule has 9 heteroatoms. The van der Waals surface area contributed by atoms with Crippen LogP contribution < -0.4 is 4.74 Å². The van der Waals surface area contributed by atoms with E-state index in [0.717, 1.165) is 5.56 Å². The zero-order chi connectivity index (χ0) is 18.1. The Kier molecular flexibility index (Phi) is 4.93. The highest BCUT2D eigenvalue weighted by molar-refractivity contribution is 9.10. The zero-order valence-corrected chi connectivity index (χ0v) is 13.6. The number of aryl methyl sites for hydroxylation is 1. The lowest BCUT2D eigenvalue weighted by molar-refractivity contribution is -0.385. The van der Waals surface area contributed by atoms with Crippen LogP contribution in [0.5, 0.6) is 5.75 Å². The number of hydrogen-bond acceptors (Lipinski definition) is 4. The first-order valence-electron chi connectivity index (χ1n) is 6.43. The topological polar surface area (TPSA) is 69.4 Å². The second-order valence-electron chi connectivity index (χ2n) is 4.82. The third kappa shape index (κ3) is 3.91. The third-order valence-electron chi connectivity index (χ3n) is 3.00. The summed E-state index contributed by atoms with van der Waals surface area (Å²) in [5.74, 6) is -1.50. The van der Waals surface area contributed by atoms with Crippen molar-refractivity contribution in [1.29, 1.82) is 0 Å². The van der Waals surface area contributed by atoms with Gasteiger partial charge in [-0.15, -0.1) is 0 Å². The van der Waals surface area contributed by atoms with Gasteiger partial charge in [0.15, 0.2) is 0 Å². The van der Waals surface area contributed by atoms with Crippen LogP contribution in [0.1, 0.15) is 21.5 Å². The van der Waals surface area contributed by atoms with Crippen molar-refractivity contribution in [3.8, 4) is 5.75 Å². The first kappa shape index (κ1) is 17.9. The van der Waals surface area contributed by atoms with E-state index >= 15 is 0 Å². The molecule has 0 N–H and O–H groups in total. The largest absolute Gasteiger partial charge is 0.416 e. The Balaban J connectivity index is 2.46. The lowest BCUT2D eigenvalue weighted by atomic mass is 10.1. The molecule has 5 nitrogen and oxygen atoms in total. The number of carbonyl (C=O) groups excluding carboxylic acids is 1. The van der Waals surface area contributed by atoms with Crippen LogP contribution in [0.4, 0.5) is 18.9 Å². The van der Waals surface area contributed by atoms with Gasteiger partial charge in [-0.1, -0.05) is 17.7 Å². The molecule has 0 saturated heterocycles. The summed E-state index contributed by atoms with van der Waals surface area (Å²) < 4.78 is 42.9. The standard InChI is InChI=1S/C15H9BrF3NO4/c1-8-3-2-4-9(5-8)14(21)24-13-11(16)6-10(15(17,18)19)7-12(13)20(22)23/h2-7H,1H3. The molecule has 0 heterocycles. The predicted molar refractivity (Wildman–Crippen MR) is 81.9 cm³/mol. The number of ether oxygens (including phenoxy) is 1. The van der Waals surface area contributed by atoms with Crippen molar-refractivity contribution in [3.63, 3.8) is 0 Å². The molecule has 0 aliphatic heterocycles. The number of nitro benzene ring substituents is 1. The van der Waals surface area contributed by atoms with E-state index in [0.29, 0.717) is 12.1 Å². The smallest absolute Gasteiger partial charge is 0.414 e. The Morgan fingerprint density at radius 1 is 1.25 bits per heavy atom. The average Bonchev–Trinajstić information content (AvgIpc) is 2.47. The number of carbonyl (C=O) groups is 1. The average molecular weight is 404 g/mol. The van der Waals surface area contributed by atoms with E-state index in [1.165, 1.54) is 12.1 Å². The Labute approximate surface area is 142 Å². The second-order valence-corrected chi connectivity index (χ2v) is 5.67. The lowest BCUT2D eigenvalue weighted by Gasteiger charge is -2.11. The minimum Gasteiger partial charge on any atom is -0.414 e. The number of esters is 1. The van der Waals surface area contributed by atoms with Crippen molar-refractivity contribution in [2.45, 2.75) is 13.1 Å². The molecule has 24 heavy (non-hydrogen) atoms. The first-order chi connectivity index (χ1) is 11.1. The molecular weight excluding hydrogens is 395 g/mol. The van der Waals surface area contributed by atoms with E-state index in [1.54, 1.807) is 19.1 Å². The third-order valence-corrected chi connectivity index (χ3v) is 3.59. The number of nitro groups is 1. The Bertz CT molecular complexity index is 821. The minimum absolute atomic E-state index is 0.121. The van der Waals surface area contributed by atoms with Crippen molar-refractivity contribution in [2.24, 2.45) is 0 Å². The van der Waals surface area contributed by atoms with Crippen molar-refractivity contribution in [1.82, 2.24) is 0 Å². The Hall–Kier alpha value is -2.42. The van der Waals surface area contributed by atoms with Gasteiger partial charge in [-0.05, 0) is 41.1 Å². The van der Waals surface area contributed by atoms with Gasteiger partial charge in [0.05, 0.1) is 20.5 Å². The van der Waals surface area contributed by atoms with E-state index in [1.807, 2.05) is 0 Å². The van der Waals surface area contributed by atoms with Gasteiger partial charge in [-0.25, -0.2) is 4.79 Å². The fourth-order valence-corrected chi connectivity index (χ4v) is 2.43. The number of halogens is 4. The lowest BCUT2D eigenvalue weighted by Crippen LogP contribution is -2.12. The van der Waals surface area contributed by atoms with Gasteiger partial charge in [0.2, 0.25) is 5.75 Å². The van der Waals surface area contributed by atoms with Gasteiger partial charge in [-0.2, -0.15) is 13.2 Å². The molecule has 0 atom stereocenters. The van der Waals surface area contributed by atoms with Crippen molar-refractivity contribution in [2.75, 3.05) is 0 Å². The predicted octanol–water partition coefficient (Wildman–Crippen LogP) is 4.90. The van der Waals surface area contributed by atoms with Gasteiger partial charge >= 0.3 is 17.8 Å². The molecule has 0 aliphatic carbocycles. The number of alkyl halides is 3. The molecule has 0 aromatic heterocycles. The highest BCUT2D eigenvalue weighted by Crippen LogP contribution is 2.41. The first-order valence-corrected chi connectivity index (χ1v) is 7.23. The molecule has 0 unspecified atom stereocenters. The number of benzene rings is 2. The molecule has 0 amide bonds. The van der Waals surface area contributed by atoms with Gasteiger partial charge in [0.1, 0.15) is 0 Å². The van der Waals surface area contributed by atoms with Crippen LogP contribution in [0, 0.1) is 17.0 Å². The van der Waals surface area contributed by atoms with Crippen molar-refractivity contribution in [3.05, 3.63) is 67.7 Å². The molecule has 2 aromatic rings. The zero-order valence-electron chi connectivity index (χ0n) is 12.1. The van der Waals surface area contributed by atoms with Crippen LogP contribution in [0.3, 0.4) is 0 Å². The molecule has 0 spiro atoms. The van der Waals surface area contributed by atoms with E-state index in [4.69, 9.17) is 4.74 Å². The maximum atomic E-state index is 12.8. The van der Waals surface area contributed by atoms with Crippen LogP contribution in [0.15, 0.2) is 40.9 Å². The van der Waals surface area contributed by atoms with Gasteiger partial charge < -0.3 is 4.74 Å². The normalized spacial score (nSPS) is 11.2. The van der Waals surface area contributed by atoms with Gasteiger partial charge in [0.25, 0.3) is 0 Å². The summed E-state index contributed by atoms with van der Waals surface area (Å²) in [5, 5.41) is 11.1. The maximum Gasteiger partial charge on any atom is 0.416 e. The molecular formula is C15H9BrF3NO4. The molecule has 0 aliphatic rings. The van der Waals surface area contributed by atoms with Gasteiger partial charge in [0, 0.05) is 6.07 Å². The molecule has 126 valence electrons. The minimum atomic E-state index is -4.77. The van der Waals surface area contributed by atoms with Crippen molar-refractivity contribution >= 4 is 27.6 Å². The molecule has 2 rings (SSSR count). The highest BCUT2D eigenvalue weighted by Gasteiger charge is 2.35. The Morgan fingerprint density at radius 2 is 1.92 bits per heavy atom. The number of hydrogen-bond donors (Lipinski definition) is 0. The van der Waals surface area contributed by atoms with Crippen LogP contribution in [-0.4, -0.2) is 10.9 Å². The van der Waals surface area contributed by atoms with Crippen LogP contribution in [0.25, 0.3) is 0 Å². The van der Waals surface area contributed by atoms with E-state index in [-0.39, 0.29) is 10.0 Å². The summed E-state index contributed by atoms with van der Waals surface area (Å²) in [6, 6.07) is 7.18. The molecule has 0 fully saturated rings. The summed E-state index contributed by atoms with van der Waals surface area (Å²) in [6.07, 6.45) is -4.77. The molecule has 2 aromatic carbocycles. The van der Waals surface area contributed by atoms with Gasteiger partial charge in [-0.3, -0.25) is 10.1 Å². The SMILES string of the molecule is Cc1cccc(C(=O)Oc2c(Br)cc(C(F)(F)F)cc2[N+](=O)[O-])c1. The molecule has 0 saturated carbocycles. The number of rotatable bonds is 3. The summed E-state index contributed by atoms with van der Waals surface area (Å²) in [5.41, 5.74) is -1.31. The highest BCUT2D eigenvalue weighted by atomic mass is 79.9. The summed E-state index contributed by atoms with van der Waals surface area (Å²) >= 11 is 2.79.